The molecule has 30 heavy (non-hydrogen) atoms. The fourth-order valence-corrected chi connectivity index (χ4v) is 4.44. The van der Waals surface area contributed by atoms with Crippen molar-refractivity contribution in [1.82, 2.24) is 10.2 Å². The highest BCUT2D eigenvalue weighted by Crippen LogP contribution is 2.32. The van der Waals surface area contributed by atoms with Crippen LogP contribution in [0.2, 0.25) is 0 Å². The van der Waals surface area contributed by atoms with Gasteiger partial charge in [-0.15, -0.1) is 11.8 Å². The number of nitrogens with zero attached hydrogens (tertiary/aromatic N) is 1. The van der Waals surface area contributed by atoms with Crippen molar-refractivity contribution in [3.8, 4) is 0 Å². The van der Waals surface area contributed by atoms with Crippen molar-refractivity contribution in [2.45, 2.75) is 23.8 Å². The standard InChI is InChI=1S/C22H24N4O3S/c27-20(23-16-4-2-1-3-5-16)13-26-10-8-17(9-11-26)24-22(29)15-6-7-19-18(12-15)25-21(28)14-30-19/h1-7,12,17H,8-11,13-14H2,(H,23,27)(H,24,29)(H,25,28). The second kappa shape index (κ2) is 9.32. The number of nitrogens with one attached hydrogen (secondary N) is 3. The maximum absolute atomic E-state index is 12.6. The average molecular weight is 425 g/mol. The summed E-state index contributed by atoms with van der Waals surface area (Å²) in [5.41, 5.74) is 2.04. The maximum Gasteiger partial charge on any atom is 0.251 e. The number of thioether (sulfide) groups is 1. The quantitative estimate of drug-likeness (QED) is 0.686. The average Bonchev–Trinajstić information content (AvgIpc) is 2.75. The molecule has 0 spiro atoms. The number of likely N-dealkylation sites (tertiary alicyclic amines) is 1. The Balaban J connectivity index is 1.24. The number of carbonyl (C=O) groups is 3. The van der Waals surface area contributed by atoms with Crippen LogP contribution in [0.25, 0.3) is 0 Å². The largest absolute Gasteiger partial charge is 0.349 e. The number of piperidine rings is 1. The van der Waals surface area contributed by atoms with Gasteiger partial charge in [0.2, 0.25) is 11.8 Å². The predicted molar refractivity (Wildman–Crippen MR) is 118 cm³/mol. The third kappa shape index (κ3) is 5.20. The summed E-state index contributed by atoms with van der Waals surface area (Å²) in [6.07, 6.45) is 1.59. The van der Waals surface area contributed by atoms with Gasteiger partial charge in [0.05, 0.1) is 18.0 Å². The van der Waals surface area contributed by atoms with Crippen LogP contribution in [0, 0.1) is 0 Å². The highest BCUT2D eigenvalue weighted by atomic mass is 32.2. The SMILES string of the molecule is O=C(CN1CCC(NC(=O)c2ccc3c(c2)NC(=O)CS3)CC1)Nc1ccccc1. The van der Waals surface area contributed by atoms with E-state index in [0.29, 0.717) is 23.5 Å². The van der Waals surface area contributed by atoms with E-state index < -0.39 is 0 Å². The molecule has 4 rings (SSSR count). The van der Waals surface area contributed by atoms with E-state index in [-0.39, 0.29) is 23.8 Å². The van der Waals surface area contributed by atoms with Gasteiger partial charge < -0.3 is 16.0 Å². The summed E-state index contributed by atoms with van der Waals surface area (Å²) in [6.45, 7) is 1.85. The van der Waals surface area contributed by atoms with Crippen LogP contribution in [0.1, 0.15) is 23.2 Å². The van der Waals surface area contributed by atoms with Gasteiger partial charge in [0, 0.05) is 35.3 Å². The smallest absolute Gasteiger partial charge is 0.251 e. The third-order valence-electron chi connectivity index (χ3n) is 5.22. The molecular formula is C22H24N4O3S. The third-order valence-corrected chi connectivity index (χ3v) is 6.30. The van der Waals surface area contributed by atoms with E-state index in [1.54, 1.807) is 12.1 Å². The molecule has 2 aromatic rings. The molecule has 0 unspecified atom stereocenters. The molecule has 0 atom stereocenters. The van der Waals surface area contributed by atoms with Crippen LogP contribution < -0.4 is 16.0 Å². The molecule has 1 fully saturated rings. The zero-order valence-corrected chi connectivity index (χ0v) is 17.3. The Hall–Kier alpha value is -2.84. The highest BCUT2D eigenvalue weighted by Gasteiger charge is 2.23. The van der Waals surface area contributed by atoms with Crippen LogP contribution in [0.5, 0.6) is 0 Å². The normalized spacial score (nSPS) is 17.0. The lowest BCUT2D eigenvalue weighted by atomic mass is 10.0. The number of hydrogen-bond donors (Lipinski definition) is 3. The number of para-hydroxylation sites is 1. The van der Waals surface area contributed by atoms with Crippen LogP contribution in [-0.4, -0.2) is 54.1 Å². The monoisotopic (exact) mass is 424 g/mol. The fourth-order valence-electron chi connectivity index (χ4n) is 3.65. The number of hydrogen-bond acceptors (Lipinski definition) is 5. The zero-order valence-electron chi connectivity index (χ0n) is 16.5. The molecule has 0 aromatic heterocycles. The van der Waals surface area contributed by atoms with Gasteiger partial charge in [-0.25, -0.2) is 0 Å². The minimum absolute atomic E-state index is 0.0299. The van der Waals surface area contributed by atoms with E-state index in [1.165, 1.54) is 11.8 Å². The molecule has 0 radical (unpaired) electrons. The lowest BCUT2D eigenvalue weighted by Crippen LogP contribution is -2.46. The minimum atomic E-state index is -0.136. The molecular weight excluding hydrogens is 400 g/mol. The highest BCUT2D eigenvalue weighted by molar-refractivity contribution is 8.00. The number of rotatable bonds is 5. The van der Waals surface area contributed by atoms with Gasteiger partial charge in [-0.3, -0.25) is 19.3 Å². The van der Waals surface area contributed by atoms with Crippen molar-refractivity contribution in [3.63, 3.8) is 0 Å². The second-order valence-electron chi connectivity index (χ2n) is 7.49. The Labute approximate surface area is 179 Å². The molecule has 0 saturated carbocycles. The summed E-state index contributed by atoms with van der Waals surface area (Å²) in [6, 6.07) is 14.9. The molecule has 156 valence electrons. The maximum atomic E-state index is 12.6. The first kappa shape index (κ1) is 20.4. The van der Waals surface area contributed by atoms with Crippen LogP contribution in [0.15, 0.2) is 53.4 Å². The number of benzene rings is 2. The van der Waals surface area contributed by atoms with Crippen molar-refractivity contribution in [1.29, 1.82) is 0 Å². The summed E-state index contributed by atoms with van der Waals surface area (Å²) in [4.78, 5) is 39.5. The first-order chi connectivity index (χ1) is 14.6. The molecule has 2 aromatic carbocycles. The number of fused-ring (bicyclic) bond motifs is 1. The van der Waals surface area contributed by atoms with Crippen molar-refractivity contribution < 1.29 is 14.4 Å². The Kier molecular flexibility index (Phi) is 6.35. The van der Waals surface area contributed by atoms with E-state index in [0.717, 1.165) is 36.5 Å². The summed E-state index contributed by atoms with van der Waals surface area (Å²) >= 11 is 1.48. The summed E-state index contributed by atoms with van der Waals surface area (Å²) in [7, 11) is 0. The number of amides is 3. The van der Waals surface area contributed by atoms with Gasteiger partial charge in [0.15, 0.2) is 0 Å². The van der Waals surface area contributed by atoms with Crippen molar-refractivity contribution in [3.05, 3.63) is 54.1 Å². The van der Waals surface area contributed by atoms with E-state index in [2.05, 4.69) is 20.9 Å². The molecule has 7 nitrogen and oxygen atoms in total. The summed E-state index contributed by atoms with van der Waals surface area (Å²) in [5.74, 6) is 0.190. The van der Waals surface area contributed by atoms with Crippen molar-refractivity contribution >= 4 is 40.9 Å². The molecule has 2 aliphatic heterocycles. The Bertz CT molecular complexity index is 943. The molecule has 8 heteroatoms. The van der Waals surface area contributed by atoms with Crippen LogP contribution in [0.3, 0.4) is 0 Å². The van der Waals surface area contributed by atoms with E-state index in [9.17, 15) is 14.4 Å². The Morgan fingerprint density at radius 3 is 2.63 bits per heavy atom. The van der Waals surface area contributed by atoms with Gasteiger partial charge in [-0.05, 0) is 43.2 Å². The number of anilines is 2. The van der Waals surface area contributed by atoms with Crippen LogP contribution >= 0.6 is 11.8 Å². The Morgan fingerprint density at radius 1 is 1.10 bits per heavy atom. The van der Waals surface area contributed by atoms with E-state index in [4.69, 9.17) is 0 Å². The summed E-state index contributed by atoms with van der Waals surface area (Å²) < 4.78 is 0. The van der Waals surface area contributed by atoms with Crippen molar-refractivity contribution in [2.75, 3.05) is 36.0 Å². The molecule has 2 heterocycles. The van der Waals surface area contributed by atoms with Gasteiger partial charge in [-0.1, -0.05) is 18.2 Å². The predicted octanol–water partition coefficient (Wildman–Crippen LogP) is 2.56. The topological polar surface area (TPSA) is 90.5 Å². The molecule has 2 aliphatic rings. The van der Waals surface area contributed by atoms with E-state index >= 15 is 0 Å². The van der Waals surface area contributed by atoms with Crippen molar-refractivity contribution in [2.24, 2.45) is 0 Å². The van der Waals surface area contributed by atoms with Gasteiger partial charge >= 0.3 is 0 Å². The van der Waals surface area contributed by atoms with E-state index in [1.807, 2.05) is 36.4 Å². The fraction of sp³-hybridized carbons (Fsp3) is 0.318. The first-order valence-electron chi connectivity index (χ1n) is 10.0. The minimum Gasteiger partial charge on any atom is -0.349 e. The van der Waals surface area contributed by atoms with Crippen LogP contribution in [0.4, 0.5) is 11.4 Å². The van der Waals surface area contributed by atoms with Crippen LogP contribution in [-0.2, 0) is 9.59 Å². The lowest BCUT2D eigenvalue weighted by Gasteiger charge is -2.32. The number of carbonyl (C=O) groups excluding carboxylic acids is 3. The molecule has 1 saturated heterocycles. The molecule has 0 bridgehead atoms. The second-order valence-corrected chi connectivity index (χ2v) is 8.50. The van der Waals surface area contributed by atoms with Gasteiger partial charge in [-0.2, -0.15) is 0 Å². The molecule has 3 N–H and O–H groups in total. The molecule has 0 aliphatic carbocycles. The van der Waals surface area contributed by atoms with Gasteiger partial charge in [0.25, 0.3) is 5.91 Å². The molecule has 3 amide bonds. The summed E-state index contributed by atoms with van der Waals surface area (Å²) in [5, 5.41) is 8.80. The lowest BCUT2D eigenvalue weighted by molar-refractivity contribution is -0.117. The Morgan fingerprint density at radius 2 is 1.87 bits per heavy atom. The first-order valence-corrected chi connectivity index (χ1v) is 11.0. The van der Waals surface area contributed by atoms with Gasteiger partial charge in [0.1, 0.15) is 0 Å². The zero-order chi connectivity index (χ0) is 20.9.